The number of amides is 2. The van der Waals surface area contributed by atoms with Gasteiger partial charge in [-0.1, -0.05) is 20.3 Å². The van der Waals surface area contributed by atoms with Crippen LogP contribution in [0.3, 0.4) is 0 Å². The number of carboxylic acid groups (broad SMARTS) is 2. The molecular formula is C41H56FN5O11S. The normalized spacial score (nSPS) is 11.5. The van der Waals surface area contributed by atoms with E-state index in [0.717, 1.165) is 24.2 Å². The summed E-state index contributed by atoms with van der Waals surface area (Å²) in [6.07, 6.45) is 6.40. The highest BCUT2D eigenvalue weighted by atomic mass is 32.2. The number of carbonyl (C=O) groups excluding carboxylic acids is 2. The summed E-state index contributed by atoms with van der Waals surface area (Å²) in [5.74, 6) is -1.40. The van der Waals surface area contributed by atoms with Crippen molar-refractivity contribution < 1.29 is 57.5 Å². The third kappa shape index (κ3) is 20.1. The van der Waals surface area contributed by atoms with E-state index < -0.39 is 17.4 Å². The lowest BCUT2D eigenvalue weighted by Gasteiger charge is -2.32. The summed E-state index contributed by atoms with van der Waals surface area (Å²) in [5.41, 5.74) is -0.0949. The third-order valence-corrected chi connectivity index (χ3v) is 9.40. The second-order valence-corrected chi connectivity index (χ2v) is 15.8. The minimum atomic E-state index is -1.05. The zero-order valence-electron chi connectivity index (χ0n) is 34.1. The zero-order chi connectivity index (χ0) is 43.1. The van der Waals surface area contributed by atoms with E-state index in [4.69, 9.17) is 28.8 Å². The first-order valence-corrected chi connectivity index (χ1v) is 20.1. The number of rotatable bonds is 30. The van der Waals surface area contributed by atoms with Gasteiger partial charge in [0.15, 0.2) is 0 Å². The molecule has 0 fully saturated rings. The molecule has 3 aromatic rings. The number of nitrogens with zero attached hydrogens (tertiary/aromatic N) is 2. The smallest absolute Gasteiger partial charge is 0.329 e. The van der Waals surface area contributed by atoms with Gasteiger partial charge in [-0.15, -0.1) is 0 Å². The highest BCUT2D eigenvalue weighted by molar-refractivity contribution is 8.00. The van der Waals surface area contributed by atoms with Crippen LogP contribution in [0.2, 0.25) is 0 Å². The van der Waals surface area contributed by atoms with Crippen molar-refractivity contribution in [2.45, 2.75) is 64.7 Å². The van der Waals surface area contributed by atoms with E-state index in [0.29, 0.717) is 35.9 Å². The maximum atomic E-state index is 14.6. The topological polar surface area (TPSA) is 217 Å². The van der Waals surface area contributed by atoms with Crippen molar-refractivity contribution in [3.63, 3.8) is 0 Å². The first kappa shape index (κ1) is 48.5. The Bertz CT molecular complexity index is 1770. The lowest BCUT2D eigenvalue weighted by Crippen LogP contribution is -2.31. The lowest BCUT2D eigenvalue weighted by atomic mass is 9.72. The number of carbonyl (C=O) groups is 4. The molecular weight excluding hydrogens is 790 g/mol. The van der Waals surface area contributed by atoms with Crippen molar-refractivity contribution in [2.24, 2.45) is 10.8 Å². The SMILES string of the molecule is CC(C)(CCCCc1cc(Oc2ccc(SNc3ncc(C(=O)NCCOCCOCC(=O)NCCOCCOCC(=O)O)cn3)cc2)ccc1F)CC(C)(C)C(=O)O. The van der Waals surface area contributed by atoms with Crippen molar-refractivity contribution in [3.05, 3.63) is 71.8 Å². The van der Waals surface area contributed by atoms with E-state index in [1.807, 2.05) is 12.1 Å². The van der Waals surface area contributed by atoms with Gasteiger partial charge in [0.25, 0.3) is 5.91 Å². The Labute approximate surface area is 348 Å². The monoisotopic (exact) mass is 845 g/mol. The van der Waals surface area contributed by atoms with Gasteiger partial charge >= 0.3 is 11.9 Å². The van der Waals surface area contributed by atoms with Gasteiger partial charge in [0.1, 0.15) is 30.5 Å². The molecule has 0 spiro atoms. The fourth-order valence-electron chi connectivity index (χ4n) is 5.82. The van der Waals surface area contributed by atoms with Crippen molar-refractivity contribution >= 4 is 41.6 Å². The van der Waals surface area contributed by atoms with Crippen LogP contribution in [-0.2, 0) is 39.8 Å². The molecule has 0 saturated carbocycles. The number of halogens is 1. The summed E-state index contributed by atoms with van der Waals surface area (Å²) in [5, 5.41) is 23.3. The number of hydrogen-bond acceptors (Lipinski definition) is 13. The molecule has 0 unspecified atom stereocenters. The molecule has 59 heavy (non-hydrogen) atoms. The predicted octanol–water partition coefficient (Wildman–Crippen LogP) is 5.76. The molecule has 2 amide bonds. The van der Waals surface area contributed by atoms with E-state index in [1.54, 1.807) is 38.1 Å². The molecule has 0 aliphatic carbocycles. The van der Waals surface area contributed by atoms with Crippen LogP contribution in [0.25, 0.3) is 0 Å². The Morgan fingerprint density at radius 3 is 2.02 bits per heavy atom. The molecule has 1 heterocycles. The van der Waals surface area contributed by atoms with Crippen molar-refractivity contribution in [1.29, 1.82) is 0 Å². The van der Waals surface area contributed by atoms with E-state index in [2.05, 4.69) is 39.2 Å². The molecule has 324 valence electrons. The summed E-state index contributed by atoms with van der Waals surface area (Å²) in [6, 6.07) is 12.0. The van der Waals surface area contributed by atoms with E-state index >= 15 is 0 Å². The lowest BCUT2D eigenvalue weighted by molar-refractivity contribution is -0.148. The standard InChI is InChI=1S/C41H56FN5O11S/c1-40(2,28-41(3,4)38(52)53)14-6-5-7-29-23-32(10-13-34(29)42)58-31-8-11-33(12-9-31)59-47-39-45-24-30(25-46-39)37(51)44-16-18-55-19-21-56-26-35(48)43-15-17-54-20-22-57-27-36(49)50/h8-13,23-25H,5-7,14-22,26-28H2,1-4H3,(H,43,48)(H,44,51)(H,49,50)(H,52,53)(H,45,46,47). The van der Waals surface area contributed by atoms with Gasteiger partial charge in [0.2, 0.25) is 11.9 Å². The van der Waals surface area contributed by atoms with Crippen molar-refractivity contribution in [2.75, 3.05) is 70.7 Å². The largest absolute Gasteiger partial charge is 0.481 e. The van der Waals surface area contributed by atoms with Gasteiger partial charge in [-0.2, -0.15) is 0 Å². The molecule has 3 rings (SSSR count). The molecule has 0 bridgehead atoms. The minimum absolute atomic E-state index is 0.143. The second kappa shape index (κ2) is 25.6. The van der Waals surface area contributed by atoms with Crippen LogP contribution < -0.4 is 20.1 Å². The van der Waals surface area contributed by atoms with E-state index in [9.17, 15) is 28.7 Å². The van der Waals surface area contributed by atoms with Crippen LogP contribution >= 0.6 is 11.9 Å². The van der Waals surface area contributed by atoms with Gasteiger partial charge in [-0.3, -0.25) is 19.1 Å². The zero-order valence-corrected chi connectivity index (χ0v) is 34.9. The Morgan fingerprint density at radius 1 is 0.763 bits per heavy atom. The Balaban J connectivity index is 1.27. The first-order chi connectivity index (χ1) is 28.1. The van der Waals surface area contributed by atoms with Crippen LogP contribution in [0.4, 0.5) is 10.3 Å². The molecule has 2 aromatic carbocycles. The van der Waals surface area contributed by atoms with Crippen LogP contribution in [0.1, 0.15) is 69.3 Å². The Kier molecular flexibility index (Phi) is 21.0. The van der Waals surface area contributed by atoms with Gasteiger partial charge in [-0.05, 0) is 105 Å². The Hall–Kier alpha value is -4.88. The van der Waals surface area contributed by atoms with E-state index in [1.165, 1.54) is 30.4 Å². The summed E-state index contributed by atoms with van der Waals surface area (Å²) in [7, 11) is 0. The molecule has 0 aliphatic rings. The summed E-state index contributed by atoms with van der Waals surface area (Å²) in [6.45, 7) is 8.92. The third-order valence-electron chi connectivity index (χ3n) is 8.60. The quantitative estimate of drug-likeness (QED) is 0.0398. The van der Waals surface area contributed by atoms with Crippen LogP contribution in [0.15, 0.2) is 59.8 Å². The fourth-order valence-corrected chi connectivity index (χ4v) is 6.40. The number of aliphatic carboxylic acids is 2. The number of hydrogen-bond donors (Lipinski definition) is 5. The number of carboxylic acids is 2. The van der Waals surface area contributed by atoms with Gasteiger partial charge < -0.3 is 44.5 Å². The number of aromatic nitrogens is 2. The molecule has 0 aliphatic heterocycles. The minimum Gasteiger partial charge on any atom is -0.481 e. The average Bonchev–Trinajstić information content (AvgIpc) is 3.19. The number of ether oxygens (including phenoxy) is 5. The summed E-state index contributed by atoms with van der Waals surface area (Å²) >= 11 is 1.28. The highest BCUT2D eigenvalue weighted by Gasteiger charge is 2.34. The number of unbranched alkanes of at least 4 members (excludes halogenated alkanes) is 1. The van der Waals surface area contributed by atoms with Gasteiger partial charge in [0.05, 0.1) is 50.6 Å². The fraction of sp³-hybridized carbons (Fsp3) is 0.512. The van der Waals surface area contributed by atoms with Gasteiger partial charge in [0, 0.05) is 30.4 Å². The maximum absolute atomic E-state index is 14.6. The van der Waals surface area contributed by atoms with Crippen molar-refractivity contribution in [3.8, 4) is 11.5 Å². The first-order valence-electron chi connectivity index (χ1n) is 19.3. The van der Waals surface area contributed by atoms with E-state index in [-0.39, 0.29) is 94.6 Å². The maximum Gasteiger partial charge on any atom is 0.329 e. The van der Waals surface area contributed by atoms with Crippen LogP contribution in [0.5, 0.6) is 11.5 Å². The number of nitrogens with one attached hydrogen (secondary N) is 3. The Morgan fingerprint density at radius 2 is 1.37 bits per heavy atom. The average molecular weight is 846 g/mol. The summed E-state index contributed by atoms with van der Waals surface area (Å²) in [4.78, 5) is 55.4. The van der Waals surface area contributed by atoms with Crippen molar-refractivity contribution in [1.82, 2.24) is 20.6 Å². The molecule has 0 atom stereocenters. The summed E-state index contributed by atoms with van der Waals surface area (Å²) < 4.78 is 44.4. The predicted molar refractivity (Wildman–Crippen MR) is 218 cm³/mol. The molecule has 18 heteroatoms. The molecule has 0 saturated heterocycles. The second-order valence-electron chi connectivity index (χ2n) is 14.9. The number of anilines is 1. The van der Waals surface area contributed by atoms with Gasteiger partial charge in [-0.25, -0.2) is 19.2 Å². The van der Waals surface area contributed by atoms with Crippen LogP contribution in [0, 0.1) is 16.6 Å². The highest BCUT2D eigenvalue weighted by Crippen LogP contribution is 2.38. The number of benzene rings is 2. The molecule has 5 N–H and O–H groups in total. The molecule has 0 radical (unpaired) electrons. The number of aryl methyl sites for hydroxylation is 1. The molecule has 16 nitrogen and oxygen atoms in total. The molecule has 1 aromatic heterocycles. The van der Waals surface area contributed by atoms with Crippen LogP contribution in [-0.4, -0.2) is 110 Å².